The second-order valence-electron chi connectivity index (χ2n) is 4.44. The Kier molecular flexibility index (Phi) is 3.07. The Morgan fingerprint density at radius 3 is 3.00 bits per heavy atom. The molecule has 1 aliphatic rings. The van der Waals surface area contributed by atoms with Gasteiger partial charge in [0.1, 0.15) is 0 Å². The maximum absolute atomic E-state index is 4.38. The normalized spacial score (nSPS) is 23.3. The third-order valence-electron chi connectivity index (χ3n) is 3.13. The fraction of sp³-hybridized carbons (Fsp3) is 0.727. The Bertz CT molecular complexity index is 331. The van der Waals surface area contributed by atoms with E-state index in [0.29, 0.717) is 6.04 Å². The SMILES string of the molecule is Cc1nn(C)cc1CN1CCNC[C@H]1C. The summed E-state index contributed by atoms with van der Waals surface area (Å²) in [6, 6.07) is 0.623. The molecule has 84 valence electrons. The molecular formula is C11H20N4. The summed E-state index contributed by atoms with van der Waals surface area (Å²) >= 11 is 0. The van der Waals surface area contributed by atoms with Crippen molar-refractivity contribution in [3.63, 3.8) is 0 Å². The number of rotatable bonds is 2. The monoisotopic (exact) mass is 208 g/mol. The van der Waals surface area contributed by atoms with Crippen LogP contribution in [-0.2, 0) is 13.6 Å². The highest BCUT2D eigenvalue weighted by atomic mass is 15.3. The molecule has 4 nitrogen and oxygen atoms in total. The second-order valence-corrected chi connectivity index (χ2v) is 4.44. The van der Waals surface area contributed by atoms with Crippen molar-refractivity contribution in [3.05, 3.63) is 17.5 Å². The number of nitrogens with zero attached hydrogens (tertiary/aromatic N) is 3. The van der Waals surface area contributed by atoms with E-state index in [1.165, 1.54) is 5.56 Å². The first-order valence-corrected chi connectivity index (χ1v) is 5.60. The molecule has 1 N–H and O–H groups in total. The van der Waals surface area contributed by atoms with Crippen molar-refractivity contribution in [3.8, 4) is 0 Å². The third kappa shape index (κ3) is 2.38. The van der Waals surface area contributed by atoms with Gasteiger partial charge in [0.25, 0.3) is 0 Å². The van der Waals surface area contributed by atoms with Crippen LogP contribution in [-0.4, -0.2) is 40.4 Å². The fourth-order valence-corrected chi connectivity index (χ4v) is 2.14. The Hall–Kier alpha value is -0.870. The summed E-state index contributed by atoms with van der Waals surface area (Å²) in [4.78, 5) is 2.51. The molecular weight excluding hydrogens is 188 g/mol. The molecule has 0 bridgehead atoms. The van der Waals surface area contributed by atoms with Crippen LogP contribution in [0.2, 0.25) is 0 Å². The standard InChI is InChI=1S/C11H20N4/c1-9-6-12-4-5-15(9)8-11-7-14(3)13-10(11)2/h7,9,12H,4-6,8H2,1-3H3/t9-/m1/s1. The van der Waals surface area contributed by atoms with Crippen molar-refractivity contribution in [1.82, 2.24) is 20.0 Å². The molecule has 1 aliphatic heterocycles. The average molecular weight is 208 g/mol. The minimum atomic E-state index is 0.623. The summed E-state index contributed by atoms with van der Waals surface area (Å²) in [6.07, 6.45) is 2.13. The van der Waals surface area contributed by atoms with Gasteiger partial charge in [-0.25, -0.2) is 0 Å². The Morgan fingerprint density at radius 1 is 1.60 bits per heavy atom. The van der Waals surface area contributed by atoms with Gasteiger partial charge in [-0.05, 0) is 13.8 Å². The maximum Gasteiger partial charge on any atom is 0.0638 e. The molecule has 0 spiro atoms. The number of hydrogen-bond acceptors (Lipinski definition) is 3. The van der Waals surface area contributed by atoms with Gasteiger partial charge in [0, 0.05) is 51.0 Å². The zero-order chi connectivity index (χ0) is 10.8. The maximum atomic E-state index is 4.38. The van der Waals surface area contributed by atoms with Crippen LogP contribution in [0.25, 0.3) is 0 Å². The number of aryl methyl sites for hydroxylation is 2. The molecule has 1 aromatic rings. The lowest BCUT2D eigenvalue weighted by molar-refractivity contribution is 0.165. The van der Waals surface area contributed by atoms with E-state index >= 15 is 0 Å². The molecule has 15 heavy (non-hydrogen) atoms. The highest BCUT2D eigenvalue weighted by Crippen LogP contribution is 2.12. The lowest BCUT2D eigenvalue weighted by Gasteiger charge is -2.33. The van der Waals surface area contributed by atoms with Gasteiger partial charge in [-0.15, -0.1) is 0 Å². The summed E-state index contributed by atoms with van der Waals surface area (Å²) in [5, 5.41) is 7.78. The van der Waals surface area contributed by atoms with E-state index in [0.717, 1.165) is 31.9 Å². The molecule has 0 amide bonds. The number of hydrogen-bond donors (Lipinski definition) is 1. The molecule has 1 atom stereocenters. The van der Waals surface area contributed by atoms with E-state index in [4.69, 9.17) is 0 Å². The van der Waals surface area contributed by atoms with Gasteiger partial charge in [0.15, 0.2) is 0 Å². The highest BCUT2D eigenvalue weighted by molar-refractivity contribution is 5.15. The van der Waals surface area contributed by atoms with Crippen LogP contribution in [0.1, 0.15) is 18.2 Å². The molecule has 2 heterocycles. The molecule has 2 rings (SSSR count). The van der Waals surface area contributed by atoms with Gasteiger partial charge in [0.2, 0.25) is 0 Å². The molecule has 4 heteroatoms. The van der Waals surface area contributed by atoms with Crippen molar-refractivity contribution in [2.75, 3.05) is 19.6 Å². The van der Waals surface area contributed by atoms with E-state index < -0.39 is 0 Å². The van der Waals surface area contributed by atoms with Gasteiger partial charge in [-0.2, -0.15) is 5.10 Å². The first kappa shape index (κ1) is 10.6. The van der Waals surface area contributed by atoms with Crippen molar-refractivity contribution in [1.29, 1.82) is 0 Å². The van der Waals surface area contributed by atoms with Crippen LogP contribution >= 0.6 is 0 Å². The van der Waals surface area contributed by atoms with E-state index in [2.05, 4.69) is 35.4 Å². The Labute approximate surface area is 91.3 Å². The largest absolute Gasteiger partial charge is 0.314 e. The van der Waals surface area contributed by atoms with Gasteiger partial charge >= 0.3 is 0 Å². The second kappa shape index (κ2) is 4.33. The quantitative estimate of drug-likeness (QED) is 0.769. The van der Waals surface area contributed by atoms with Gasteiger partial charge in [-0.1, -0.05) is 0 Å². The van der Waals surface area contributed by atoms with E-state index in [9.17, 15) is 0 Å². The predicted molar refractivity (Wildman–Crippen MR) is 60.7 cm³/mol. The van der Waals surface area contributed by atoms with E-state index in [1.54, 1.807) is 0 Å². The molecule has 1 aromatic heterocycles. The molecule has 0 unspecified atom stereocenters. The average Bonchev–Trinajstić information content (AvgIpc) is 2.49. The van der Waals surface area contributed by atoms with Crippen LogP contribution < -0.4 is 5.32 Å². The van der Waals surface area contributed by atoms with Crippen molar-refractivity contribution in [2.24, 2.45) is 7.05 Å². The first-order chi connectivity index (χ1) is 7.16. The van der Waals surface area contributed by atoms with Gasteiger partial charge in [-0.3, -0.25) is 9.58 Å². The first-order valence-electron chi connectivity index (χ1n) is 5.60. The number of aromatic nitrogens is 2. The summed E-state index contributed by atoms with van der Waals surface area (Å²) in [7, 11) is 1.98. The molecule has 0 saturated carbocycles. The van der Waals surface area contributed by atoms with Crippen molar-refractivity contribution < 1.29 is 0 Å². The highest BCUT2D eigenvalue weighted by Gasteiger charge is 2.19. The summed E-state index contributed by atoms with van der Waals surface area (Å²) < 4.78 is 1.90. The van der Waals surface area contributed by atoms with Crippen LogP contribution in [0.5, 0.6) is 0 Å². The smallest absolute Gasteiger partial charge is 0.0638 e. The summed E-state index contributed by atoms with van der Waals surface area (Å²) in [5.74, 6) is 0. The summed E-state index contributed by atoms with van der Waals surface area (Å²) in [5.41, 5.74) is 2.51. The lowest BCUT2D eigenvalue weighted by Crippen LogP contribution is -2.49. The van der Waals surface area contributed by atoms with Crippen molar-refractivity contribution in [2.45, 2.75) is 26.4 Å². The van der Waals surface area contributed by atoms with Gasteiger partial charge < -0.3 is 5.32 Å². The zero-order valence-electron chi connectivity index (χ0n) is 9.82. The van der Waals surface area contributed by atoms with Gasteiger partial charge in [0.05, 0.1) is 5.69 Å². The van der Waals surface area contributed by atoms with Crippen molar-refractivity contribution >= 4 is 0 Å². The molecule has 1 saturated heterocycles. The Balaban J connectivity index is 2.04. The van der Waals surface area contributed by atoms with Crippen LogP contribution in [0.15, 0.2) is 6.20 Å². The molecule has 0 aliphatic carbocycles. The molecule has 0 aromatic carbocycles. The van der Waals surface area contributed by atoms with Crippen LogP contribution in [0, 0.1) is 6.92 Å². The third-order valence-corrected chi connectivity index (χ3v) is 3.13. The van der Waals surface area contributed by atoms with Crippen LogP contribution in [0.3, 0.4) is 0 Å². The summed E-state index contributed by atoms with van der Waals surface area (Å²) in [6.45, 7) is 8.72. The molecule has 0 radical (unpaired) electrons. The number of nitrogens with one attached hydrogen (secondary N) is 1. The fourth-order valence-electron chi connectivity index (χ4n) is 2.14. The minimum Gasteiger partial charge on any atom is -0.314 e. The molecule has 1 fully saturated rings. The lowest BCUT2D eigenvalue weighted by atomic mass is 10.1. The topological polar surface area (TPSA) is 33.1 Å². The van der Waals surface area contributed by atoms with Crippen LogP contribution in [0.4, 0.5) is 0 Å². The Morgan fingerprint density at radius 2 is 2.40 bits per heavy atom. The predicted octanol–water partition coefficient (Wildman–Crippen LogP) is 0.522. The van der Waals surface area contributed by atoms with E-state index in [1.807, 2.05) is 11.7 Å². The number of piperazine rings is 1. The zero-order valence-corrected chi connectivity index (χ0v) is 9.82. The minimum absolute atomic E-state index is 0.623. The van der Waals surface area contributed by atoms with E-state index in [-0.39, 0.29) is 0 Å².